The van der Waals surface area contributed by atoms with E-state index >= 15 is 0 Å². The van der Waals surface area contributed by atoms with Gasteiger partial charge in [-0.25, -0.2) is 4.98 Å². The van der Waals surface area contributed by atoms with Gasteiger partial charge < -0.3 is 10.2 Å². The molecule has 0 saturated carbocycles. The monoisotopic (exact) mass is 397 g/mol. The molecule has 1 saturated heterocycles. The number of anilines is 1. The van der Waals surface area contributed by atoms with Gasteiger partial charge in [0.05, 0.1) is 21.7 Å². The van der Waals surface area contributed by atoms with E-state index in [0.717, 1.165) is 36.3 Å². The molecule has 3 aromatic rings. The number of hydrogen-bond donors (Lipinski definition) is 2. The van der Waals surface area contributed by atoms with Crippen LogP contribution in [0.25, 0.3) is 10.2 Å². The Balaban J connectivity index is 1.48. The number of aromatic nitrogens is 1. The van der Waals surface area contributed by atoms with Gasteiger partial charge in [0.15, 0.2) is 11.6 Å². The van der Waals surface area contributed by atoms with Crippen molar-refractivity contribution in [2.45, 2.75) is 25.3 Å². The van der Waals surface area contributed by atoms with E-state index in [4.69, 9.17) is 4.98 Å². The molecule has 1 aliphatic rings. The summed E-state index contributed by atoms with van der Waals surface area (Å²) in [7, 11) is 0. The summed E-state index contributed by atoms with van der Waals surface area (Å²) in [5, 5.41) is 14.8. The molecule has 144 valence electrons. The van der Waals surface area contributed by atoms with Crippen LogP contribution >= 0.6 is 11.3 Å². The number of amides is 1. The van der Waals surface area contributed by atoms with Crippen LogP contribution in [0.1, 0.15) is 30.3 Å². The number of nitrogens with zero attached hydrogens (tertiary/aromatic N) is 2. The third kappa shape index (κ3) is 4.02. The summed E-state index contributed by atoms with van der Waals surface area (Å²) in [6, 6.07) is 14.4. The average Bonchev–Trinajstić information content (AvgIpc) is 3.12. The summed E-state index contributed by atoms with van der Waals surface area (Å²) in [6.45, 7) is 1.24. The van der Waals surface area contributed by atoms with Crippen molar-refractivity contribution in [3.8, 4) is 0 Å². The number of thiazole rings is 1. The maximum absolute atomic E-state index is 12.6. The van der Waals surface area contributed by atoms with Crippen LogP contribution < -0.4 is 10.2 Å². The first kappa shape index (κ1) is 18.5. The molecule has 1 aliphatic heterocycles. The van der Waals surface area contributed by atoms with E-state index in [9.17, 15) is 14.9 Å². The average molecular weight is 397 g/mol. The van der Waals surface area contributed by atoms with Gasteiger partial charge >= 0.3 is 0 Å². The molecule has 8 heteroatoms. The quantitative estimate of drug-likeness (QED) is 0.512. The smallest absolute Gasteiger partial charge is 0.279 e. The van der Waals surface area contributed by atoms with Crippen LogP contribution in [0, 0.1) is 10.1 Å². The van der Waals surface area contributed by atoms with Crippen molar-refractivity contribution in [1.29, 1.82) is 0 Å². The van der Waals surface area contributed by atoms with Crippen molar-refractivity contribution < 1.29 is 14.6 Å². The minimum Gasteiger partial charge on any atom is -0.321 e. The van der Waals surface area contributed by atoms with Crippen LogP contribution in [0.5, 0.6) is 0 Å². The Kier molecular flexibility index (Phi) is 5.31. The number of nitro benzene ring substituents is 1. The number of quaternary nitrogens is 1. The highest BCUT2D eigenvalue weighted by Crippen LogP contribution is 2.28. The molecule has 0 aliphatic carbocycles. The number of nitro groups is 1. The van der Waals surface area contributed by atoms with Crippen molar-refractivity contribution in [2.24, 2.45) is 0 Å². The Labute approximate surface area is 166 Å². The topological polar surface area (TPSA) is 89.6 Å². The molecule has 28 heavy (non-hydrogen) atoms. The zero-order valence-electron chi connectivity index (χ0n) is 15.3. The molecule has 2 heterocycles. The first-order valence-corrected chi connectivity index (χ1v) is 10.2. The number of nitrogens with one attached hydrogen (secondary N) is 2. The molecule has 2 atom stereocenters. The standard InChI is InChI=1S/C20H20N4O3S/c25-19(21-14-6-5-7-15(12-14)24(26)27)13-23-11-4-3-9-17(23)20-22-16-8-1-2-10-18(16)28-20/h1-2,5-8,10,12,17H,3-4,9,11,13H2,(H,21,25)/p+1/t17-/m1/s1. The van der Waals surface area contributed by atoms with Gasteiger partial charge in [0, 0.05) is 24.2 Å². The molecule has 1 unspecified atom stereocenters. The lowest BCUT2D eigenvalue weighted by Gasteiger charge is -2.30. The predicted octanol–water partition coefficient (Wildman–Crippen LogP) is 2.95. The summed E-state index contributed by atoms with van der Waals surface area (Å²) in [5.74, 6) is -0.136. The summed E-state index contributed by atoms with van der Waals surface area (Å²) >= 11 is 1.71. The van der Waals surface area contributed by atoms with Crippen molar-refractivity contribution in [3.63, 3.8) is 0 Å². The summed E-state index contributed by atoms with van der Waals surface area (Å²) in [4.78, 5) is 29.0. The largest absolute Gasteiger partial charge is 0.321 e. The molecule has 1 fully saturated rings. The van der Waals surface area contributed by atoms with E-state index in [1.807, 2.05) is 18.2 Å². The Morgan fingerprint density at radius 2 is 2.11 bits per heavy atom. The number of carbonyl (C=O) groups is 1. The number of piperidine rings is 1. The van der Waals surface area contributed by atoms with E-state index in [2.05, 4.69) is 11.4 Å². The van der Waals surface area contributed by atoms with Gasteiger partial charge in [-0.3, -0.25) is 14.9 Å². The number of non-ortho nitro benzene ring substituents is 1. The molecule has 2 N–H and O–H groups in total. The van der Waals surface area contributed by atoms with Crippen LogP contribution in [-0.2, 0) is 4.79 Å². The highest BCUT2D eigenvalue weighted by Gasteiger charge is 2.32. The molecule has 0 radical (unpaired) electrons. The Morgan fingerprint density at radius 3 is 2.93 bits per heavy atom. The number of carbonyl (C=O) groups excluding carboxylic acids is 1. The third-order valence-corrected chi connectivity index (χ3v) is 6.22. The second kappa shape index (κ2) is 8.04. The minimum absolute atomic E-state index is 0.0320. The lowest BCUT2D eigenvalue weighted by Crippen LogP contribution is -3.14. The number of hydrogen-bond acceptors (Lipinski definition) is 5. The highest BCUT2D eigenvalue weighted by atomic mass is 32.1. The molecule has 0 bridgehead atoms. The fourth-order valence-electron chi connectivity index (χ4n) is 3.74. The molecule has 1 amide bonds. The minimum atomic E-state index is -0.464. The molecular weight excluding hydrogens is 376 g/mol. The fourth-order valence-corrected chi connectivity index (χ4v) is 4.90. The normalized spacial score (nSPS) is 19.4. The zero-order valence-corrected chi connectivity index (χ0v) is 16.1. The predicted molar refractivity (Wildman–Crippen MR) is 109 cm³/mol. The highest BCUT2D eigenvalue weighted by molar-refractivity contribution is 7.18. The van der Waals surface area contributed by atoms with Crippen LogP contribution in [0.15, 0.2) is 48.5 Å². The lowest BCUT2D eigenvalue weighted by molar-refractivity contribution is -0.929. The summed E-state index contributed by atoms with van der Waals surface area (Å²) < 4.78 is 1.17. The van der Waals surface area contributed by atoms with Crippen LogP contribution in [-0.4, -0.2) is 28.9 Å². The summed E-state index contributed by atoms with van der Waals surface area (Å²) in [6.07, 6.45) is 3.23. The van der Waals surface area contributed by atoms with Gasteiger partial charge in [0.25, 0.3) is 11.6 Å². The van der Waals surface area contributed by atoms with Crippen molar-refractivity contribution >= 4 is 38.8 Å². The van der Waals surface area contributed by atoms with Crippen molar-refractivity contribution in [2.75, 3.05) is 18.4 Å². The SMILES string of the molecule is O=C(C[NH+]1CCCC[C@@H]1c1nc2ccccc2s1)Nc1cccc([N+](=O)[O-])c1. The maximum Gasteiger partial charge on any atom is 0.279 e. The number of fused-ring (bicyclic) bond motifs is 1. The Morgan fingerprint density at radius 1 is 1.25 bits per heavy atom. The number of rotatable bonds is 5. The van der Waals surface area contributed by atoms with E-state index < -0.39 is 4.92 Å². The van der Waals surface area contributed by atoms with Crippen LogP contribution in [0.2, 0.25) is 0 Å². The number of benzene rings is 2. The van der Waals surface area contributed by atoms with E-state index in [1.54, 1.807) is 23.5 Å². The third-order valence-electron chi connectivity index (χ3n) is 5.07. The lowest BCUT2D eigenvalue weighted by atomic mass is 10.0. The maximum atomic E-state index is 12.6. The van der Waals surface area contributed by atoms with Gasteiger partial charge in [-0.05, 0) is 31.0 Å². The van der Waals surface area contributed by atoms with Crippen LogP contribution in [0.4, 0.5) is 11.4 Å². The summed E-state index contributed by atoms with van der Waals surface area (Å²) in [5.41, 5.74) is 1.43. The first-order valence-electron chi connectivity index (χ1n) is 9.34. The molecule has 2 aromatic carbocycles. The molecule has 0 spiro atoms. The Bertz CT molecular complexity index is 986. The fraction of sp³-hybridized carbons (Fsp3) is 0.300. The van der Waals surface area contributed by atoms with Crippen molar-refractivity contribution in [1.82, 2.24) is 4.98 Å². The van der Waals surface area contributed by atoms with Gasteiger partial charge in [0.2, 0.25) is 0 Å². The van der Waals surface area contributed by atoms with E-state index in [0.29, 0.717) is 12.2 Å². The van der Waals surface area contributed by atoms with Gasteiger partial charge in [0.1, 0.15) is 6.04 Å². The van der Waals surface area contributed by atoms with Crippen LogP contribution in [0.3, 0.4) is 0 Å². The second-order valence-corrected chi connectivity index (χ2v) is 8.07. The first-order chi connectivity index (χ1) is 13.6. The van der Waals surface area contributed by atoms with Gasteiger partial charge in [-0.2, -0.15) is 0 Å². The van der Waals surface area contributed by atoms with Crippen molar-refractivity contribution in [3.05, 3.63) is 63.7 Å². The Hall–Kier alpha value is -2.84. The number of likely N-dealkylation sites (tertiary alicyclic amines) is 1. The van der Waals surface area contributed by atoms with Gasteiger partial charge in [-0.1, -0.05) is 18.2 Å². The molecular formula is C20H21N4O3S+. The number of para-hydroxylation sites is 1. The zero-order chi connectivity index (χ0) is 19.5. The molecule has 4 rings (SSSR count). The van der Waals surface area contributed by atoms with E-state index in [-0.39, 0.29) is 17.6 Å². The van der Waals surface area contributed by atoms with Gasteiger partial charge in [-0.15, -0.1) is 11.3 Å². The second-order valence-electron chi connectivity index (χ2n) is 7.01. The molecule has 7 nitrogen and oxygen atoms in total. The van der Waals surface area contributed by atoms with E-state index in [1.165, 1.54) is 21.7 Å². The molecule has 1 aromatic heterocycles.